The van der Waals surface area contributed by atoms with Gasteiger partial charge < -0.3 is 9.84 Å². The standard InChI is InChI=1S/C10H12N4O/c1-8-13-10(14-15-8)7-12-6-9-3-2-4-11-5-9/h2-5,12H,6-7H2,1H3. The molecule has 0 unspecified atom stereocenters. The Morgan fingerprint density at radius 2 is 2.33 bits per heavy atom. The summed E-state index contributed by atoms with van der Waals surface area (Å²) in [7, 11) is 0. The van der Waals surface area contributed by atoms with Gasteiger partial charge in [0.25, 0.3) is 0 Å². The van der Waals surface area contributed by atoms with Gasteiger partial charge in [-0.2, -0.15) is 4.98 Å². The highest BCUT2D eigenvalue weighted by molar-refractivity contribution is 5.07. The first-order chi connectivity index (χ1) is 7.34. The maximum absolute atomic E-state index is 4.85. The van der Waals surface area contributed by atoms with Crippen LogP contribution in [0.2, 0.25) is 0 Å². The van der Waals surface area contributed by atoms with Gasteiger partial charge in [-0.1, -0.05) is 11.2 Å². The molecule has 0 aromatic carbocycles. The lowest BCUT2D eigenvalue weighted by Gasteiger charge is -2.00. The number of nitrogens with zero attached hydrogens (tertiary/aromatic N) is 3. The number of hydrogen-bond acceptors (Lipinski definition) is 5. The molecule has 0 bridgehead atoms. The van der Waals surface area contributed by atoms with Crippen LogP contribution in [0.4, 0.5) is 0 Å². The first-order valence-corrected chi connectivity index (χ1v) is 4.73. The molecule has 2 aromatic rings. The Bertz CT molecular complexity index is 412. The first kappa shape index (κ1) is 9.79. The maximum Gasteiger partial charge on any atom is 0.223 e. The van der Waals surface area contributed by atoms with Gasteiger partial charge >= 0.3 is 0 Å². The van der Waals surface area contributed by atoms with Gasteiger partial charge in [-0.3, -0.25) is 4.98 Å². The van der Waals surface area contributed by atoms with Gasteiger partial charge in [0.15, 0.2) is 5.82 Å². The second kappa shape index (κ2) is 4.65. The van der Waals surface area contributed by atoms with E-state index in [0.717, 1.165) is 12.1 Å². The quantitative estimate of drug-likeness (QED) is 0.806. The van der Waals surface area contributed by atoms with Crippen LogP contribution in [0.25, 0.3) is 0 Å². The highest BCUT2D eigenvalue weighted by Gasteiger charge is 2.00. The predicted octanol–water partition coefficient (Wildman–Crippen LogP) is 1.06. The molecule has 0 saturated heterocycles. The zero-order chi connectivity index (χ0) is 10.5. The minimum Gasteiger partial charge on any atom is -0.340 e. The van der Waals surface area contributed by atoms with Gasteiger partial charge in [0.1, 0.15) is 0 Å². The van der Waals surface area contributed by atoms with Crippen LogP contribution in [0, 0.1) is 6.92 Å². The molecule has 0 aliphatic rings. The number of aryl methyl sites for hydroxylation is 1. The summed E-state index contributed by atoms with van der Waals surface area (Å²) in [6.45, 7) is 3.13. The van der Waals surface area contributed by atoms with Crippen LogP contribution in [0.5, 0.6) is 0 Å². The molecule has 0 radical (unpaired) electrons. The van der Waals surface area contributed by atoms with Crippen molar-refractivity contribution in [1.29, 1.82) is 0 Å². The number of aromatic nitrogens is 3. The summed E-state index contributed by atoms with van der Waals surface area (Å²) in [6.07, 6.45) is 3.58. The molecule has 2 aromatic heterocycles. The number of pyridine rings is 1. The predicted molar refractivity (Wildman–Crippen MR) is 53.8 cm³/mol. The van der Waals surface area contributed by atoms with E-state index in [4.69, 9.17) is 4.52 Å². The molecular weight excluding hydrogens is 192 g/mol. The fourth-order valence-corrected chi connectivity index (χ4v) is 1.23. The lowest BCUT2D eigenvalue weighted by Crippen LogP contribution is -2.13. The molecule has 1 N–H and O–H groups in total. The van der Waals surface area contributed by atoms with Crippen LogP contribution < -0.4 is 5.32 Å². The van der Waals surface area contributed by atoms with Gasteiger partial charge in [-0.15, -0.1) is 0 Å². The zero-order valence-electron chi connectivity index (χ0n) is 8.47. The third-order valence-corrected chi connectivity index (χ3v) is 1.90. The molecule has 5 heteroatoms. The van der Waals surface area contributed by atoms with Crippen LogP contribution in [0.3, 0.4) is 0 Å². The lowest BCUT2D eigenvalue weighted by molar-refractivity contribution is 0.385. The van der Waals surface area contributed by atoms with Crippen molar-refractivity contribution in [3.63, 3.8) is 0 Å². The molecule has 0 spiro atoms. The summed E-state index contributed by atoms with van der Waals surface area (Å²) in [5.41, 5.74) is 1.14. The normalized spacial score (nSPS) is 10.5. The Balaban J connectivity index is 1.80. The summed E-state index contributed by atoms with van der Waals surface area (Å²) < 4.78 is 4.85. The van der Waals surface area contributed by atoms with Gasteiger partial charge in [-0.05, 0) is 11.6 Å². The van der Waals surface area contributed by atoms with E-state index in [9.17, 15) is 0 Å². The van der Waals surface area contributed by atoms with Crippen molar-refractivity contribution in [2.75, 3.05) is 0 Å². The minimum absolute atomic E-state index is 0.591. The molecule has 0 aliphatic carbocycles. The zero-order valence-corrected chi connectivity index (χ0v) is 8.47. The van der Waals surface area contributed by atoms with E-state index in [-0.39, 0.29) is 0 Å². The fraction of sp³-hybridized carbons (Fsp3) is 0.300. The van der Waals surface area contributed by atoms with Crippen molar-refractivity contribution in [3.05, 3.63) is 41.8 Å². The molecule has 78 valence electrons. The Kier molecular flexibility index (Phi) is 3.04. The molecular formula is C10H12N4O. The molecule has 0 atom stereocenters. The number of rotatable bonds is 4. The van der Waals surface area contributed by atoms with E-state index in [1.165, 1.54) is 0 Å². The minimum atomic E-state index is 0.591. The summed E-state index contributed by atoms with van der Waals surface area (Å²) in [4.78, 5) is 8.11. The SMILES string of the molecule is Cc1nc(CNCc2cccnc2)no1. The van der Waals surface area contributed by atoms with Crippen molar-refractivity contribution in [2.24, 2.45) is 0 Å². The Labute approximate surface area is 87.5 Å². The van der Waals surface area contributed by atoms with Crippen LogP contribution in [-0.4, -0.2) is 15.1 Å². The molecule has 0 aliphatic heterocycles. The van der Waals surface area contributed by atoms with E-state index in [1.807, 2.05) is 18.3 Å². The van der Waals surface area contributed by atoms with Gasteiger partial charge in [-0.25, -0.2) is 0 Å². The smallest absolute Gasteiger partial charge is 0.223 e. The molecule has 15 heavy (non-hydrogen) atoms. The average Bonchev–Trinajstić information content (AvgIpc) is 2.66. The fourth-order valence-electron chi connectivity index (χ4n) is 1.23. The van der Waals surface area contributed by atoms with Crippen molar-refractivity contribution in [2.45, 2.75) is 20.0 Å². The summed E-state index contributed by atoms with van der Waals surface area (Å²) in [5, 5.41) is 6.99. The van der Waals surface area contributed by atoms with Gasteiger partial charge in [0, 0.05) is 25.9 Å². The highest BCUT2D eigenvalue weighted by atomic mass is 16.5. The monoisotopic (exact) mass is 204 g/mol. The van der Waals surface area contributed by atoms with E-state index in [1.54, 1.807) is 13.1 Å². The van der Waals surface area contributed by atoms with Gasteiger partial charge in [0.05, 0.1) is 6.54 Å². The highest BCUT2D eigenvalue weighted by Crippen LogP contribution is 1.97. The van der Waals surface area contributed by atoms with Crippen LogP contribution in [-0.2, 0) is 13.1 Å². The number of hydrogen-bond donors (Lipinski definition) is 1. The van der Waals surface area contributed by atoms with E-state index in [0.29, 0.717) is 18.3 Å². The summed E-state index contributed by atoms with van der Waals surface area (Å²) in [5.74, 6) is 1.27. The largest absolute Gasteiger partial charge is 0.340 e. The Morgan fingerprint density at radius 3 is 3.00 bits per heavy atom. The molecule has 0 amide bonds. The Hall–Kier alpha value is -1.75. The second-order valence-electron chi connectivity index (χ2n) is 3.19. The lowest BCUT2D eigenvalue weighted by atomic mass is 10.3. The molecule has 0 fully saturated rings. The average molecular weight is 204 g/mol. The van der Waals surface area contributed by atoms with E-state index in [2.05, 4.69) is 20.4 Å². The van der Waals surface area contributed by atoms with Crippen molar-refractivity contribution >= 4 is 0 Å². The molecule has 0 saturated carbocycles. The number of nitrogens with one attached hydrogen (secondary N) is 1. The van der Waals surface area contributed by atoms with Crippen LogP contribution in [0.15, 0.2) is 29.0 Å². The van der Waals surface area contributed by atoms with Crippen LogP contribution >= 0.6 is 0 Å². The topological polar surface area (TPSA) is 63.8 Å². The van der Waals surface area contributed by atoms with Crippen molar-refractivity contribution < 1.29 is 4.52 Å². The summed E-state index contributed by atoms with van der Waals surface area (Å²) in [6, 6.07) is 3.93. The third kappa shape index (κ3) is 2.85. The van der Waals surface area contributed by atoms with Crippen molar-refractivity contribution in [3.8, 4) is 0 Å². The molecule has 2 heterocycles. The molecule has 2 rings (SSSR count). The Morgan fingerprint density at radius 1 is 1.40 bits per heavy atom. The maximum atomic E-state index is 4.85. The second-order valence-corrected chi connectivity index (χ2v) is 3.19. The van der Waals surface area contributed by atoms with E-state index >= 15 is 0 Å². The first-order valence-electron chi connectivity index (χ1n) is 4.73. The van der Waals surface area contributed by atoms with Gasteiger partial charge in [0.2, 0.25) is 5.89 Å². The van der Waals surface area contributed by atoms with Crippen molar-refractivity contribution in [1.82, 2.24) is 20.4 Å². The third-order valence-electron chi connectivity index (χ3n) is 1.90. The molecule has 5 nitrogen and oxygen atoms in total. The van der Waals surface area contributed by atoms with E-state index < -0.39 is 0 Å². The summed E-state index contributed by atoms with van der Waals surface area (Å²) >= 11 is 0. The van der Waals surface area contributed by atoms with Crippen LogP contribution in [0.1, 0.15) is 17.3 Å².